The molecule has 1 aromatic heterocycles. The average Bonchev–Trinajstić information content (AvgIpc) is 3.11. The highest BCUT2D eigenvalue weighted by Crippen LogP contribution is 2.29. The minimum absolute atomic E-state index is 0.212. The second-order valence-corrected chi connectivity index (χ2v) is 7.51. The smallest absolute Gasteiger partial charge is 0.120 e. The molecule has 2 N–H and O–H groups in total. The van der Waals surface area contributed by atoms with Gasteiger partial charge in [-0.25, -0.2) is 9.30 Å². The third-order valence-electron chi connectivity index (χ3n) is 4.92. The van der Waals surface area contributed by atoms with Gasteiger partial charge in [0.15, 0.2) is 0 Å². The molecule has 1 saturated heterocycles. The van der Waals surface area contributed by atoms with Gasteiger partial charge < -0.3 is 9.64 Å². The molecule has 1 fully saturated rings. The summed E-state index contributed by atoms with van der Waals surface area (Å²) in [4.78, 5) is 6.68. The van der Waals surface area contributed by atoms with Gasteiger partial charge in [0.1, 0.15) is 17.9 Å². The highest BCUT2D eigenvalue weighted by Gasteiger charge is 2.22. The van der Waals surface area contributed by atoms with Crippen LogP contribution in [0.2, 0.25) is 0 Å². The van der Waals surface area contributed by atoms with Crippen molar-refractivity contribution in [1.82, 2.24) is 19.4 Å². The fourth-order valence-corrected chi connectivity index (χ4v) is 4.01. The Kier molecular flexibility index (Phi) is 6.73. The highest BCUT2D eigenvalue weighted by atomic mass is 32.2. The molecular weight excluding hydrogens is 360 g/mol. The monoisotopic (exact) mass is 388 g/mol. The number of benzene rings is 1. The first-order valence-corrected chi connectivity index (χ1v) is 10.5. The maximum atomic E-state index is 7.46. The Bertz CT molecular complexity index is 797. The van der Waals surface area contributed by atoms with Crippen molar-refractivity contribution in [2.24, 2.45) is 4.99 Å². The molecule has 0 spiro atoms. The molecule has 0 amide bonds. The van der Waals surface area contributed by atoms with E-state index in [2.05, 4.69) is 43.6 Å². The zero-order chi connectivity index (χ0) is 19.2. The molecule has 2 heterocycles. The van der Waals surface area contributed by atoms with Crippen molar-refractivity contribution in [2.75, 3.05) is 39.0 Å². The van der Waals surface area contributed by atoms with E-state index in [4.69, 9.17) is 10.1 Å². The van der Waals surface area contributed by atoms with Gasteiger partial charge in [0.05, 0.1) is 12.1 Å². The summed E-state index contributed by atoms with van der Waals surface area (Å²) in [5.41, 5.74) is 2.03. The van der Waals surface area contributed by atoms with Gasteiger partial charge >= 0.3 is 0 Å². The van der Waals surface area contributed by atoms with Crippen molar-refractivity contribution in [3.05, 3.63) is 23.9 Å². The summed E-state index contributed by atoms with van der Waals surface area (Å²) in [7, 11) is 0. The first-order valence-electron chi connectivity index (χ1n) is 9.36. The molecule has 0 aliphatic carbocycles. The lowest BCUT2D eigenvalue weighted by atomic mass is 9.99. The summed E-state index contributed by atoms with van der Waals surface area (Å²) >= 11 is 1.79. The van der Waals surface area contributed by atoms with Crippen LogP contribution in [0.25, 0.3) is 10.9 Å². The zero-order valence-electron chi connectivity index (χ0n) is 16.2. The number of hydrogen-bond acceptors (Lipinski definition) is 5. The molecule has 3 rings (SSSR count). The van der Waals surface area contributed by atoms with Gasteiger partial charge in [0, 0.05) is 49.6 Å². The maximum Gasteiger partial charge on any atom is 0.120 e. The molecule has 0 bridgehead atoms. The van der Waals surface area contributed by atoms with Crippen LogP contribution in [0.4, 0.5) is 0 Å². The van der Waals surface area contributed by atoms with Gasteiger partial charge in [-0.15, -0.1) is 0 Å². The van der Waals surface area contributed by atoms with Crippen LogP contribution in [0.1, 0.15) is 31.9 Å². The van der Waals surface area contributed by atoms with Gasteiger partial charge in [-0.1, -0.05) is 18.9 Å². The number of aromatic nitrogens is 2. The van der Waals surface area contributed by atoms with Crippen LogP contribution in [0.15, 0.2) is 23.2 Å². The first kappa shape index (κ1) is 19.7. The molecule has 2 aromatic rings. The lowest BCUT2D eigenvalue weighted by molar-refractivity contribution is 0.278. The summed E-state index contributed by atoms with van der Waals surface area (Å²) < 4.78 is 8.00. The Labute approximate surface area is 164 Å². The number of rotatable bonds is 7. The third-order valence-corrected chi connectivity index (χ3v) is 5.80. The Balaban J connectivity index is 1.77. The number of nitrogens with zero attached hydrogens (tertiary/aromatic N) is 4. The van der Waals surface area contributed by atoms with Gasteiger partial charge in [-0.05, 0) is 31.4 Å². The number of aliphatic imine (C=N–C) groups is 1. The van der Waals surface area contributed by atoms with Crippen LogP contribution in [-0.2, 0) is 0 Å². The van der Waals surface area contributed by atoms with Crippen molar-refractivity contribution in [3.8, 4) is 5.75 Å². The molecule has 1 aromatic carbocycles. The number of nitrogens with one attached hydrogen (secondary N) is 2. The van der Waals surface area contributed by atoms with Gasteiger partial charge in [-0.3, -0.25) is 10.5 Å². The molecule has 0 radical (unpaired) electrons. The van der Waals surface area contributed by atoms with Crippen LogP contribution < -0.4 is 4.74 Å². The van der Waals surface area contributed by atoms with E-state index in [1.165, 1.54) is 0 Å². The van der Waals surface area contributed by atoms with Crippen molar-refractivity contribution < 1.29 is 4.74 Å². The molecule has 1 aliphatic heterocycles. The van der Waals surface area contributed by atoms with Crippen molar-refractivity contribution >= 4 is 35.0 Å². The van der Waals surface area contributed by atoms with E-state index >= 15 is 0 Å². The minimum atomic E-state index is 0.212. The van der Waals surface area contributed by atoms with Crippen LogP contribution in [0.5, 0.6) is 5.75 Å². The lowest BCUT2D eigenvalue weighted by Gasteiger charge is -2.35. The molecule has 8 heteroatoms. The average molecular weight is 389 g/mol. The van der Waals surface area contributed by atoms with E-state index < -0.39 is 0 Å². The van der Waals surface area contributed by atoms with E-state index in [9.17, 15) is 0 Å². The fraction of sp³-hybridized carbons (Fsp3) is 0.526. The molecule has 1 aliphatic rings. The Hall–Kier alpha value is -2.06. The van der Waals surface area contributed by atoms with E-state index in [1.54, 1.807) is 11.9 Å². The number of aromatic amines is 1. The van der Waals surface area contributed by atoms with Crippen molar-refractivity contribution in [3.63, 3.8) is 0 Å². The topological polar surface area (TPSA) is 80.6 Å². The highest BCUT2D eigenvalue weighted by molar-refractivity contribution is 7.96. The van der Waals surface area contributed by atoms with Crippen LogP contribution in [0.3, 0.4) is 0 Å². The van der Waals surface area contributed by atoms with Gasteiger partial charge in [0.25, 0.3) is 0 Å². The van der Waals surface area contributed by atoms with Crippen molar-refractivity contribution in [2.45, 2.75) is 26.2 Å². The summed E-state index contributed by atoms with van der Waals surface area (Å²) in [5, 5.41) is 16.2. The zero-order valence-corrected chi connectivity index (χ0v) is 17.1. The molecule has 1 atom stereocenters. The largest absolute Gasteiger partial charge is 0.494 e. The van der Waals surface area contributed by atoms with E-state index in [0.29, 0.717) is 6.61 Å². The summed E-state index contributed by atoms with van der Waals surface area (Å²) in [5.74, 6) is 2.05. The molecule has 146 valence electrons. The third kappa shape index (κ3) is 4.62. The summed E-state index contributed by atoms with van der Waals surface area (Å²) in [6, 6.07) is 5.99. The predicted octanol–water partition coefficient (Wildman–Crippen LogP) is 3.36. The first-order chi connectivity index (χ1) is 13.2. The molecular formula is C19H28N6OS. The number of piperazine rings is 1. The van der Waals surface area contributed by atoms with Crippen LogP contribution >= 0.6 is 11.9 Å². The second-order valence-electron chi connectivity index (χ2n) is 6.63. The predicted molar refractivity (Wildman–Crippen MR) is 113 cm³/mol. The van der Waals surface area contributed by atoms with Crippen LogP contribution in [-0.4, -0.2) is 70.6 Å². The Morgan fingerprint density at radius 3 is 2.85 bits per heavy atom. The normalized spacial score (nSPS) is 17.3. The van der Waals surface area contributed by atoms with E-state index in [0.717, 1.165) is 67.1 Å². The number of fused-ring (bicyclic) bond motifs is 1. The SMILES string of the molecule is CCOc1ccc2n[nH]c(C(C)CC(=NC=N)N3CCN(SC)CC3)c2c1. The van der Waals surface area contributed by atoms with E-state index in [1.807, 2.05) is 19.1 Å². The van der Waals surface area contributed by atoms with Gasteiger partial charge in [0.2, 0.25) is 0 Å². The Morgan fingerprint density at radius 2 is 2.19 bits per heavy atom. The summed E-state index contributed by atoms with van der Waals surface area (Å²) in [6.07, 6.45) is 4.04. The minimum Gasteiger partial charge on any atom is -0.494 e. The standard InChI is InChI=1S/C19H28N6OS/c1-4-26-15-5-6-17-16(12-15)19(23-22-17)14(2)11-18(21-13-20)24-7-9-25(27-3)10-8-24/h5-6,12-14,20H,4,7-11H2,1-3H3,(H,22,23). The second kappa shape index (κ2) is 9.23. The molecule has 7 nitrogen and oxygen atoms in total. The maximum absolute atomic E-state index is 7.46. The van der Waals surface area contributed by atoms with Crippen LogP contribution in [0, 0.1) is 5.41 Å². The van der Waals surface area contributed by atoms with Gasteiger partial charge in [-0.2, -0.15) is 5.10 Å². The Morgan fingerprint density at radius 1 is 1.41 bits per heavy atom. The lowest BCUT2D eigenvalue weighted by Crippen LogP contribution is -2.46. The molecule has 1 unspecified atom stereocenters. The van der Waals surface area contributed by atoms with E-state index in [-0.39, 0.29) is 5.92 Å². The molecule has 0 saturated carbocycles. The quantitative estimate of drug-likeness (QED) is 0.432. The number of hydrogen-bond donors (Lipinski definition) is 2. The number of H-pyrrole nitrogens is 1. The fourth-order valence-electron chi connectivity index (χ4n) is 3.48. The molecule has 27 heavy (non-hydrogen) atoms. The number of amidine groups is 1. The summed E-state index contributed by atoms with van der Waals surface area (Å²) in [6.45, 7) is 8.72. The number of ether oxygens (including phenoxy) is 1. The van der Waals surface area contributed by atoms with Crippen molar-refractivity contribution in [1.29, 1.82) is 5.41 Å².